The molecule has 0 aromatic heterocycles. The minimum Gasteiger partial charge on any atom is -0.450 e. The molecule has 13 heavy (non-hydrogen) atoms. The Labute approximate surface area is 77.8 Å². The molecule has 0 spiro atoms. The van der Waals surface area contributed by atoms with E-state index in [1.54, 1.807) is 11.8 Å². The van der Waals surface area contributed by atoms with E-state index in [0.717, 1.165) is 0 Å². The van der Waals surface area contributed by atoms with Crippen molar-refractivity contribution in [2.75, 3.05) is 19.7 Å². The van der Waals surface area contributed by atoms with Gasteiger partial charge in [0.15, 0.2) is 0 Å². The van der Waals surface area contributed by atoms with E-state index in [9.17, 15) is 9.59 Å². The molecule has 0 saturated carbocycles. The molecule has 73 valence electrons. The Kier molecular flexibility index (Phi) is 3.73. The predicted octanol–water partition coefficient (Wildman–Crippen LogP) is 0.965. The van der Waals surface area contributed by atoms with Crippen LogP contribution in [0.1, 0.15) is 19.8 Å². The van der Waals surface area contributed by atoms with E-state index in [1.807, 2.05) is 6.29 Å². The Morgan fingerprint density at radius 2 is 2.15 bits per heavy atom. The van der Waals surface area contributed by atoms with E-state index in [-0.39, 0.29) is 12.0 Å². The summed E-state index contributed by atoms with van der Waals surface area (Å²) in [6.45, 7) is 3.40. The van der Waals surface area contributed by atoms with Gasteiger partial charge in [-0.25, -0.2) is 4.79 Å². The Morgan fingerprint density at radius 1 is 1.54 bits per heavy atom. The third kappa shape index (κ3) is 2.72. The molecular weight excluding hydrogens is 170 g/mol. The largest absolute Gasteiger partial charge is 0.450 e. The average Bonchev–Trinajstić information content (AvgIpc) is 2.18. The lowest BCUT2D eigenvalue weighted by Crippen LogP contribution is -2.39. The Bertz CT molecular complexity index is 185. The fourth-order valence-electron chi connectivity index (χ4n) is 1.39. The first kappa shape index (κ1) is 10.0. The molecule has 1 aliphatic heterocycles. The van der Waals surface area contributed by atoms with Crippen LogP contribution in [0, 0.1) is 5.92 Å². The van der Waals surface area contributed by atoms with Crippen molar-refractivity contribution in [1.29, 1.82) is 0 Å². The predicted molar refractivity (Wildman–Crippen MR) is 47.0 cm³/mol. The topological polar surface area (TPSA) is 46.6 Å². The molecule has 1 rings (SSSR count). The van der Waals surface area contributed by atoms with Gasteiger partial charge >= 0.3 is 6.09 Å². The van der Waals surface area contributed by atoms with Gasteiger partial charge in [0.05, 0.1) is 6.61 Å². The van der Waals surface area contributed by atoms with Crippen LogP contribution >= 0.6 is 0 Å². The minimum atomic E-state index is -0.271. The first-order valence-electron chi connectivity index (χ1n) is 4.57. The highest BCUT2D eigenvalue weighted by Gasteiger charge is 2.23. The number of hydrogen-bond donors (Lipinski definition) is 0. The van der Waals surface area contributed by atoms with Crippen LogP contribution in [-0.2, 0) is 9.53 Å². The number of likely N-dealkylation sites (tertiary alicyclic amines) is 1. The van der Waals surface area contributed by atoms with Crippen molar-refractivity contribution in [2.24, 2.45) is 5.92 Å². The summed E-state index contributed by atoms with van der Waals surface area (Å²) < 4.78 is 4.84. The van der Waals surface area contributed by atoms with E-state index in [0.29, 0.717) is 32.5 Å². The highest BCUT2D eigenvalue weighted by Crippen LogP contribution is 2.15. The van der Waals surface area contributed by atoms with Crippen molar-refractivity contribution in [1.82, 2.24) is 4.90 Å². The molecule has 0 atom stereocenters. The van der Waals surface area contributed by atoms with Crippen LogP contribution in [0.5, 0.6) is 0 Å². The molecule has 4 heteroatoms. The van der Waals surface area contributed by atoms with E-state index in [4.69, 9.17) is 4.74 Å². The summed E-state index contributed by atoms with van der Waals surface area (Å²) in [5.74, 6) is 0.00526. The van der Waals surface area contributed by atoms with E-state index in [1.165, 1.54) is 0 Å². The maximum atomic E-state index is 11.2. The summed E-state index contributed by atoms with van der Waals surface area (Å²) in [7, 11) is 0. The number of carbonyl (C=O) groups excluding carboxylic acids is 2. The molecule has 1 amide bonds. The lowest BCUT2D eigenvalue weighted by atomic mass is 9.99. The Morgan fingerprint density at radius 3 is 2.62 bits per heavy atom. The summed E-state index contributed by atoms with van der Waals surface area (Å²) in [6.07, 6.45) is 3.12. The van der Waals surface area contributed by atoms with Crippen molar-refractivity contribution < 1.29 is 14.3 Å². The molecule has 1 heterocycles. The lowest BCUT2D eigenvalue weighted by molar-refractivity contribution is 0.0962. The molecule has 1 saturated heterocycles. The summed E-state index contributed by atoms with van der Waals surface area (Å²) in [4.78, 5) is 23.1. The molecule has 0 aromatic rings. The number of ether oxygens (including phenoxy) is 1. The normalized spacial score (nSPS) is 18.4. The van der Waals surface area contributed by atoms with Gasteiger partial charge in [0.2, 0.25) is 6.29 Å². The summed E-state index contributed by atoms with van der Waals surface area (Å²) in [5.41, 5.74) is 0. The van der Waals surface area contributed by atoms with Crippen LogP contribution in [0.2, 0.25) is 0 Å². The number of hydrogen-bond acceptors (Lipinski definition) is 3. The van der Waals surface area contributed by atoms with Gasteiger partial charge in [0.1, 0.15) is 0 Å². The van der Waals surface area contributed by atoms with Gasteiger partial charge in [-0.15, -0.1) is 0 Å². The summed E-state index contributed by atoms with van der Waals surface area (Å²) >= 11 is 0. The maximum absolute atomic E-state index is 11.2. The third-order valence-electron chi connectivity index (χ3n) is 2.19. The number of rotatable bonds is 2. The fraction of sp³-hybridized carbons (Fsp3) is 0.778. The SMILES string of the molecule is CCOC(=O)N1CCC([C]=O)CC1. The number of nitrogens with zero attached hydrogens (tertiary/aromatic N) is 1. The first-order chi connectivity index (χ1) is 6.27. The third-order valence-corrected chi connectivity index (χ3v) is 2.19. The monoisotopic (exact) mass is 184 g/mol. The second-order valence-electron chi connectivity index (χ2n) is 3.08. The van der Waals surface area contributed by atoms with Gasteiger partial charge in [-0.05, 0) is 19.8 Å². The zero-order valence-electron chi connectivity index (χ0n) is 7.78. The standard InChI is InChI=1S/C9H14NO3/c1-2-13-9(12)10-5-3-8(7-11)4-6-10/h8H,2-6H2,1H3. The van der Waals surface area contributed by atoms with Crippen LogP contribution in [0.4, 0.5) is 4.79 Å². The zero-order valence-corrected chi connectivity index (χ0v) is 7.78. The van der Waals surface area contributed by atoms with Gasteiger partial charge in [0, 0.05) is 19.0 Å². The van der Waals surface area contributed by atoms with Gasteiger partial charge in [0.25, 0.3) is 0 Å². The average molecular weight is 184 g/mol. The Hall–Kier alpha value is -1.06. The van der Waals surface area contributed by atoms with Gasteiger partial charge in [-0.3, -0.25) is 4.79 Å². The molecule has 1 fully saturated rings. The summed E-state index contributed by atoms with van der Waals surface area (Å²) in [5, 5.41) is 0. The van der Waals surface area contributed by atoms with Gasteiger partial charge in [-0.1, -0.05) is 0 Å². The second-order valence-corrected chi connectivity index (χ2v) is 3.08. The van der Waals surface area contributed by atoms with Crippen molar-refractivity contribution in [3.8, 4) is 0 Å². The Balaban J connectivity index is 2.31. The molecule has 1 radical (unpaired) electrons. The first-order valence-corrected chi connectivity index (χ1v) is 4.57. The molecule has 0 bridgehead atoms. The highest BCUT2D eigenvalue weighted by molar-refractivity contribution is 5.68. The van der Waals surface area contributed by atoms with E-state index < -0.39 is 0 Å². The van der Waals surface area contributed by atoms with E-state index >= 15 is 0 Å². The molecule has 0 unspecified atom stereocenters. The molecule has 0 aromatic carbocycles. The van der Waals surface area contributed by atoms with E-state index in [2.05, 4.69) is 0 Å². The number of amides is 1. The quantitative estimate of drug-likeness (QED) is 0.642. The molecule has 1 aliphatic rings. The summed E-state index contributed by atoms with van der Waals surface area (Å²) in [6, 6.07) is 0. The van der Waals surface area contributed by atoms with Gasteiger partial charge < -0.3 is 9.64 Å². The van der Waals surface area contributed by atoms with Crippen molar-refractivity contribution in [3.63, 3.8) is 0 Å². The second kappa shape index (κ2) is 4.84. The van der Waals surface area contributed by atoms with Crippen LogP contribution < -0.4 is 0 Å². The van der Waals surface area contributed by atoms with Crippen LogP contribution in [0.3, 0.4) is 0 Å². The van der Waals surface area contributed by atoms with Gasteiger partial charge in [-0.2, -0.15) is 0 Å². The fourth-order valence-corrected chi connectivity index (χ4v) is 1.39. The van der Waals surface area contributed by atoms with Crippen LogP contribution in [0.15, 0.2) is 0 Å². The lowest BCUT2D eigenvalue weighted by Gasteiger charge is -2.28. The molecule has 4 nitrogen and oxygen atoms in total. The smallest absolute Gasteiger partial charge is 0.409 e. The van der Waals surface area contributed by atoms with Crippen LogP contribution in [-0.4, -0.2) is 37.0 Å². The van der Waals surface area contributed by atoms with Crippen molar-refractivity contribution >= 4 is 12.4 Å². The van der Waals surface area contributed by atoms with Crippen molar-refractivity contribution in [2.45, 2.75) is 19.8 Å². The maximum Gasteiger partial charge on any atom is 0.409 e. The molecular formula is C9H14NO3. The highest BCUT2D eigenvalue weighted by atomic mass is 16.6. The zero-order chi connectivity index (χ0) is 9.68. The minimum absolute atomic E-state index is 0.00526. The molecule has 0 N–H and O–H groups in total. The van der Waals surface area contributed by atoms with Crippen LogP contribution in [0.25, 0.3) is 0 Å². The molecule has 0 aliphatic carbocycles. The number of piperidine rings is 1. The van der Waals surface area contributed by atoms with Crippen molar-refractivity contribution in [3.05, 3.63) is 0 Å². The number of carbonyl (C=O) groups is 1.